The zero-order valence-electron chi connectivity index (χ0n) is 11.0. The van der Waals surface area contributed by atoms with E-state index >= 15 is 0 Å². The summed E-state index contributed by atoms with van der Waals surface area (Å²) < 4.78 is 38.0. The summed E-state index contributed by atoms with van der Waals surface area (Å²) in [5.41, 5.74) is -0.00742. The average Bonchev–Trinajstić information content (AvgIpc) is 3.03. The van der Waals surface area contributed by atoms with E-state index in [4.69, 9.17) is 0 Å². The molecule has 0 unspecified atom stereocenters. The molecular formula is C12H14F3N5O. The van der Waals surface area contributed by atoms with Crippen LogP contribution in [0, 0.1) is 0 Å². The van der Waals surface area contributed by atoms with E-state index in [1.165, 1.54) is 24.7 Å². The van der Waals surface area contributed by atoms with Gasteiger partial charge in [0, 0.05) is 19.2 Å². The van der Waals surface area contributed by atoms with Gasteiger partial charge in [-0.3, -0.25) is 9.89 Å². The Bertz CT molecular complexity index is 576. The van der Waals surface area contributed by atoms with E-state index in [2.05, 4.69) is 20.5 Å². The first kappa shape index (κ1) is 15.1. The van der Waals surface area contributed by atoms with Crippen LogP contribution in [0.1, 0.15) is 22.7 Å². The van der Waals surface area contributed by atoms with Crippen molar-refractivity contribution < 1.29 is 18.0 Å². The molecule has 2 rings (SSSR count). The molecule has 21 heavy (non-hydrogen) atoms. The van der Waals surface area contributed by atoms with Gasteiger partial charge in [0.2, 0.25) is 0 Å². The average molecular weight is 301 g/mol. The maximum Gasteiger partial charge on any atom is 0.406 e. The Balaban J connectivity index is 1.82. The monoisotopic (exact) mass is 301 g/mol. The number of carbonyl (C=O) groups is 1. The number of aromatic amines is 1. The van der Waals surface area contributed by atoms with Crippen LogP contribution in [-0.2, 0) is 13.0 Å². The van der Waals surface area contributed by atoms with Gasteiger partial charge in [-0.05, 0) is 18.6 Å². The van der Waals surface area contributed by atoms with Crippen molar-refractivity contribution in [3.8, 4) is 0 Å². The highest BCUT2D eigenvalue weighted by atomic mass is 19.4. The summed E-state index contributed by atoms with van der Waals surface area (Å²) in [5.74, 6) is 0.173. The van der Waals surface area contributed by atoms with Crippen molar-refractivity contribution in [2.75, 3.05) is 6.54 Å². The third-order valence-corrected chi connectivity index (χ3v) is 2.75. The number of amides is 1. The van der Waals surface area contributed by atoms with Crippen molar-refractivity contribution in [2.45, 2.75) is 25.6 Å². The Labute approximate surface area is 118 Å². The third-order valence-electron chi connectivity index (χ3n) is 2.75. The van der Waals surface area contributed by atoms with Crippen molar-refractivity contribution in [1.82, 2.24) is 25.1 Å². The second kappa shape index (κ2) is 6.42. The van der Waals surface area contributed by atoms with Crippen molar-refractivity contribution in [1.29, 1.82) is 0 Å². The lowest BCUT2D eigenvalue weighted by Crippen LogP contribution is -2.29. The van der Waals surface area contributed by atoms with Gasteiger partial charge in [-0.15, -0.1) is 0 Å². The fourth-order valence-corrected chi connectivity index (χ4v) is 1.85. The zero-order valence-corrected chi connectivity index (χ0v) is 11.0. The van der Waals surface area contributed by atoms with Gasteiger partial charge in [-0.25, -0.2) is 4.98 Å². The molecule has 2 heterocycles. The maximum absolute atomic E-state index is 12.4. The molecule has 0 radical (unpaired) electrons. The highest BCUT2D eigenvalue weighted by molar-refractivity contribution is 5.92. The Kier molecular flexibility index (Phi) is 4.61. The van der Waals surface area contributed by atoms with Crippen LogP contribution in [0.25, 0.3) is 0 Å². The van der Waals surface area contributed by atoms with Crippen LogP contribution < -0.4 is 5.32 Å². The molecule has 1 amide bonds. The number of nitrogens with one attached hydrogen (secondary N) is 2. The minimum absolute atomic E-state index is 0.00742. The van der Waals surface area contributed by atoms with Gasteiger partial charge in [0.05, 0.1) is 0 Å². The maximum atomic E-state index is 12.4. The Morgan fingerprint density at radius 3 is 2.90 bits per heavy atom. The smallest absolute Gasteiger partial charge is 0.351 e. The fraction of sp³-hybridized carbons (Fsp3) is 0.417. The number of rotatable bonds is 6. The number of halogens is 3. The van der Waals surface area contributed by atoms with Gasteiger partial charge in [0.1, 0.15) is 24.4 Å². The number of nitrogens with zero attached hydrogens (tertiary/aromatic N) is 3. The van der Waals surface area contributed by atoms with E-state index < -0.39 is 18.6 Å². The van der Waals surface area contributed by atoms with E-state index in [-0.39, 0.29) is 5.69 Å². The quantitative estimate of drug-likeness (QED) is 0.795. The standard InChI is InChI=1S/C12H14F3N5O/c13-12(14,15)7-20-6-2-3-9(20)11(21)16-5-1-4-10-17-8-18-19-10/h2-3,6,8H,1,4-5,7H2,(H,16,21)(H,17,18,19). The van der Waals surface area contributed by atoms with Gasteiger partial charge in [0.15, 0.2) is 0 Å². The predicted molar refractivity (Wildman–Crippen MR) is 67.5 cm³/mol. The summed E-state index contributed by atoms with van der Waals surface area (Å²) >= 11 is 0. The number of hydrogen-bond acceptors (Lipinski definition) is 3. The first-order valence-electron chi connectivity index (χ1n) is 6.30. The second-order valence-electron chi connectivity index (χ2n) is 4.43. The highest BCUT2D eigenvalue weighted by Crippen LogP contribution is 2.18. The van der Waals surface area contributed by atoms with E-state index in [0.717, 1.165) is 4.57 Å². The molecule has 0 saturated carbocycles. The van der Waals surface area contributed by atoms with Gasteiger partial charge < -0.3 is 9.88 Å². The fourth-order valence-electron chi connectivity index (χ4n) is 1.85. The second-order valence-corrected chi connectivity index (χ2v) is 4.43. The molecule has 2 aromatic rings. The minimum Gasteiger partial charge on any atom is -0.351 e. The lowest BCUT2D eigenvalue weighted by Gasteiger charge is -2.11. The summed E-state index contributed by atoms with van der Waals surface area (Å²) in [6.45, 7) is -0.836. The Morgan fingerprint density at radius 1 is 1.43 bits per heavy atom. The van der Waals surface area contributed by atoms with Gasteiger partial charge in [-0.2, -0.15) is 18.3 Å². The third kappa shape index (κ3) is 4.62. The molecule has 0 aliphatic carbocycles. The highest BCUT2D eigenvalue weighted by Gasteiger charge is 2.29. The van der Waals surface area contributed by atoms with Crippen LogP contribution in [-0.4, -0.2) is 38.4 Å². The molecule has 0 atom stereocenters. The molecule has 0 spiro atoms. The van der Waals surface area contributed by atoms with Crippen LogP contribution in [0.5, 0.6) is 0 Å². The SMILES string of the molecule is O=C(NCCCc1ncn[nH]1)c1cccn1CC(F)(F)F. The molecule has 0 fully saturated rings. The van der Waals surface area contributed by atoms with E-state index in [1.54, 1.807) is 0 Å². The van der Waals surface area contributed by atoms with Crippen molar-refractivity contribution in [3.05, 3.63) is 36.2 Å². The van der Waals surface area contributed by atoms with Crippen molar-refractivity contribution >= 4 is 5.91 Å². The minimum atomic E-state index is -4.36. The number of hydrogen-bond donors (Lipinski definition) is 2. The molecule has 6 nitrogen and oxygen atoms in total. The Morgan fingerprint density at radius 2 is 2.24 bits per heavy atom. The molecule has 0 aromatic carbocycles. The van der Waals surface area contributed by atoms with Crippen LogP contribution in [0.2, 0.25) is 0 Å². The molecule has 0 aliphatic heterocycles. The lowest BCUT2D eigenvalue weighted by molar-refractivity contribution is -0.140. The van der Waals surface area contributed by atoms with Crippen LogP contribution >= 0.6 is 0 Å². The molecule has 114 valence electrons. The van der Waals surface area contributed by atoms with E-state index in [0.29, 0.717) is 25.2 Å². The van der Waals surface area contributed by atoms with Crippen molar-refractivity contribution in [2.24, 2.45) is 0 Å². The summed E-state index contributed by atoms with van der Waals surface area (Å²) in [7, 11) is 0. The zero-order chi connectivity index (χ0) is 15.3. The summed E-state index contributed by atoms with van der Waals surface area (Å²) in [6.07, 6.45) is -0.528. The normalized spacial score (nSPS) is 11.6. The predicted octanol–water partition coefficient (Wildman–Crippen LogP) is 1.53. The van der Waals surface area contributed by atoms with Crippen LogP contribution in [0.15, 0.2) is 24.7 Å². The van der Waals surface area contributed by atoms with Gasteiger partial charge in [-0.1, -0.05) is 0 Å². The number of carbonyl (C=O) groups excluding carboxylic acids is 1. The first-order chi connectivity index (χ1) is 9.96. The molecule has 9 heteroatoms. The van der Waals surface area contributed by atoms with Crippen LogP contribution in [0.4, 0.5) is 13.2 Å². The topological polar surface area (TPSA) is 75.6 Å². The van der Waals surface area contributed by atoms with Crippen molar-refractivity contribution in [3.63, 3.8) is 0 Å². The molecule has 2 N–H and O–H groups in total. The molecular weight excluding hydrogens is 287 g/mol. The molecule has 0 saturated heterocycles. The van der Waals surface area contributed by atoms with E-state index in [9.17, 15) is 18.0 Å². The molecule has 0 bridgehead atoms. The molecule has 2 aromatic heterocycles. The largest absolute Gasteiger partial charge is 0.406 e. The van der Waals surface area contributed by atoms with E-state index in [1.807, 2.05) is 0 Å². The first-order valence-corrected chi connectivity index (χ1v) is 6.30. The Hall–Kier alpha value is -2.32. The van der Waals surface area contributed by atoms with Crippen LogP contribution in [0.3, 0.4) is 0 Å². The number of aromatic nitrogens is 4. The lowest BCUT2D eigenvalue weighted by atomic mass is 10.3. The summed E-state index contributed by atoms with van der Waals surface area (Å²) in [5, 5.41) is 8.96. The number of aryl methyl sites for hydroxylation is 1. The summed E-state index contributed by atoms with van der Waals surface area (Å²) in [4.78, 5) is 15.8. The summed E-state index contributed by atoms with van der Waals surface area (Å²) in [6, 6.07) is 2.77. The van der Waals surface area contributed by atoms with Gasteiger partial charge >= 0.3 is 6.18 Å². The number of H-pyrrole nitrogens is 1. The van der Waals surface area contributed by atoms with Gasteiger partial charge in [0.25, 0.3) is 5.91 Å². The molecule has 0 aliphatic rings. The number of alkyl halides is 3.